The van der Waals surface area contributed by atoms with E-state index in [-0.39, 0.29) is 0 Å². The van der Waals surface area contributed by atoms with Gasteiger partial charge in [0.2, 0.25) is 11.4 Å². The van der Waals surface area contributed by atoms with Crippen molar-refractivity contribution >= 4 is 22.2 Å². The van der Waals surface area contributed by atoms with Crippen LogP contribution in [-0.2, 0) is 0 Å². The highest BCUT2D eigenvalue weighted by Gasteiger charge is 2.13. The van der Waals surface area contributed by atoms with Crippen LogP contribution >= 0.6 is 0 Å². The monoisotopic (exact) mass is 264 g/mol. The van der Waals surface area contributed by atoms with Crippen molar-refractivity contribution in [2.75, 3.05) is 0 Å². The molecule has 4 heterocycles. The van der Waals surface area contributed by atoms with Gasteiger partial charge >= 0.3 is 0 Å². The van der Waals surface area contributed by atoms with Crippen molar-refractivity contribution in [1.29, 1.82) is 0 Å². The molecule has 0 amide bonds. The van der Waals surface area contributed by atoms with Gasteiger partial charge in [0.15, 0.2) is 5.76 Å². The summed E-state index contributed by atoms with van der Waals surface area (Å²) in [5.41, 5.74) is 4.04. The molecule has 4 heteroatoms. The van der Waals surface area contributed by atoms with Crippen LogP contribution in [0.25, 0.3) is 33.7 Å². The minimum atomic E-state index is 0.621. The van der Waals surface area contributed by atoms with Crippen molar-refractivity contribution in [2.24, 2.45) is 0 Å². The molecular formula is C16H12N2O2. The van der Waals surface area contributed by atoms with Crippen LogP contribution in [0.2, 0.25) is 0 Å². The lowest BCUT2D eigenvalue weighted by Gasteiger charge is -2.00. The molecule has 0 aliphatic heterocycles. The van der Waals surface area contributed by atoms with Crippen LogP contribution in [0.5, 0.6) is 0 Å². The topological polar surface area (TPSA) is 52.1 Å². The van der Waals surface area contributed by atoms with Crippen molar-refractivity contribution < 1.29 is 8.83 Å². The summed E-state index contributed by atoms with van der Waals surface area (Å²) < 4.78 is 11.2. The van der Waals surface area contributed by atoms with Gasteiger partial charge in [-0.15, -0.1) is 0 Å². The quantitative estimate of drug-likeness (QED) is 0.515. The molecule has 0 bridgehead atoms. The van der Waals surface area contributed by atoms with Gasteiger partial charge in [0, 0.05) is 16.5 Å². The van der Waals surface area contributed by atoms with Crippen LogP contribution in [0.4, 0.5) is 0 Å². The molecule has 0 atom stereocenters. The van der Waals surface area contributed by atoms with Crippen molar-refractivity contribution in [3.8, 4) is 11.5 Å². The Labute approximate surface area is 115 Å². The van der Waals surface area contributed by atoms with Gasteiger partial charge in [0.1, 0.15) is 5.69 Å². The van der Waals surface area contributed by atoms with Gasteiger partial charge < -0.3 is 8.83 Å². The van der Waals surface area contributed by atoms with E-state index in [2.05, 4.69) is 9.97 Å². The first kappa shape index (κ1) is 11.2. The molecule has 20 heavy (non-hydrogen) atoms. The number of furan rings is 2. The number of nitrogens with zero attached hydrogens (tertiary/aromatic N) is 2. The summed E-state index contributed by atoms with van der Waals surface area (Å²) in [4.78, 5) is 8.92. The van der Waals surface area contributed by atoms with Crippen molar-refractivity contribution in [2.45, 2.75) is 13.8 Å². The molecule has 4 rings (SSSR count). The predicted molar refractivity (Wildman–Crippen MR) is 76.5 cm³/mol. The Morgan fingerprint density at radius 3 is 2.65 bits per heavy atom. The predicted octanol–water partition coefficient (Wildman–Crippen LogP) is 4.25. The summed E-state index contributed by atoms with van der Waals surface area (Å²) in [6.07, 6.45) is 1.64. The third-order valence-electron chi connectivity index (χ3n) is 3.39. The first-order valence-electron chi connectivity index (χ1n) is 6.43. The van der Waals surface area contributed by atoms with Gasteiger partial charge in [-0.2, -0.15) is 0 Å². The maximum Gasteiger partial charge on any atom is 0.226 e. The van der Waals surface area contributed by atoms with Crippen LogP contribution in [-0.4, -0.2) is 9.97 Å². The average molecular weight is 264 g/mol. The third kappa shape index (κ3) is 1.61. The maximum atomic E-state index is 5.83. The van der Waals surface area contributed by atoms with Gasteiger partial charge in [-0.3, -0.25) is 0 Å². The molecule has 0 radical (unpaired) electrons. The van der Waals surface area contributed by atoms with Crippen molar-refractivity contribution in [3.63, 3.8) is 0 Å². The van der Waals surface area contributed by atoms with E-state index in [0.29, 0.717) is 17.2 Å². The molecule has 0 aromatic carbocycles. The third-order valence-corrected chi connectivity index (χ3v) is 3.39. The zero-order chi connectivity index (χ0) is 13.7. The van der Waals surface area contributed by atoms with E-state index in [9.17, 15) is 0 Å². The van der Waals surface area contributed by atoms with E-state index >= 15 is 0 Å². The Morgan fingerprint density at radius 1 is 0.900 bits per heavy atom. The molecule has 0 aliphatic carbocycles. The van der Waals surface area contributed by atoms with Crippen molar-refractivity contribution in [1.82, 2.24) is 9.97 Å². The summed E-state index contributed by atoms with van der Waals surface area (Å²) in [6, 6.07) is 9.89. The fourth-order valence-corrected chi connectivity index (χ4v) is 2.38. The number of rotatable bonds is 1. The first-order valence-corrected chi connectivity index (χ1v) is 6.43. The van der Waals surface area contributed by atoms with E-state index in [1.54, 1.807) is 6.26 Å². The van der Waals surface area contributed by atoms with E-state index < -0.39 is 0 Å². The summed E-state index contributed by atoms with van der Waals surface area (Å²) in [5.74, 6) is 0.717. The fraction of sp³-hybridized carbons (Fsp3) is 0.125. The van der Waals surface area contributed by atoms with Crippen LogP contribution in [0, 0.1) is 13.8 Å². The Kier molecular flexibility index (Phi) is 2.21. The Morgan fingerprint density at radius 2 is 1.75 bits per heavy atom. The minimum Gasteiger partial charge on any atom is -0.446 e. The molecular weight excluding hydrogens is 252 g/mol. The molecule has 4 nitrogen and oxygen atoms in total. The smallest absolute Gasteiger partial charge is 0.226 e. The lowest BCUT2D eigenvalue weighted by molar-refractivity contribution is 0.596. The van der Waals surface area contributed by atoms with Crippen LogP contribution in [0.3, 0.4) is 0 Å². The second-order valence-corrected chi connectivity index (χ2v) is 4.93. The molecule has 4 aromatic heterocycles. The van der Waals surface area contributed by atoms with E-state index in [4.69, 9.17) is 8.83 Å². The SMILES string of the molecule is Cc1ccc2cc(-c3nc4occc4cc3C)oc2n1. The first-order chi connectivity index (χ1) is 9.70. The number of fused-ring (bicyclic) bond motifs is 2. The van der Waals surface area contributed by atoms with Gasteiger partial charge in [0.25, 0.3) is 0 Å². The number of hydrogen-bond donors (Lipinski definition) is 0. The van der Waals surface area contributed by atoms with Gasteiger partial charge in [-0.25, -0.2) is 9.97 Å². The lowest BCUT2D eigenvalue weighted by atomic mass is 10.1. The Bertz CT molecular complexity index is 934. The highest BCUT2D eigenvalue weighted by atomic mass is 16.3. The van der Waals surface area contributed by atoms with Gasteiger partial charge in [-0.1, -0.05) is 0 Å². The minimum absolute atomic E-state index is 0.621. The van der Waals surface area contributed by atoms with E-state index in [0.717, 1.165) is 27.7 Å². The molecule has 0 saturated carbocycles. The zero-order valence-electron chi connectivity index (χ0n) is 11.2. The van der Waals surface area contributed by atoms with Gasteiger partial charge in [0.05, 0.1) is 6.26 Å². The largest absolute Gasteiger partial charge is 0.446 e. The highest BCUT2D eigenvalue weighted by Crippen LogP contribution is 2.30. The van der Waals surface area contributed by atoms with Crippen molar-refractivity contribution in [3.05, 3.63) is 47.9 Å². The number of hydrogen-bond acceptors (Lipinski definition) is 4. The standard InChI is InChI=1S/C16H12N2O2/c1-9-7-12-5-6-19-15(12)18-14(9)13-8-11-4-3-10(2)17-16(11)20-13/h3-8H,1-2H3. The highest BCUT2D eigenvalue weighted by molar-refractivity contribution is 5.83. The molecule has 4 aromatic rings. The molecule has 0 fully saturated rings. The van der Waals surface area contributed by atoms with E-state index in [1.165, 1.54) is 0 Å². The average Bonchev–Trinajstić information content (AvgIpc) is 3.02. The zero-order valence-corrected chi connectivity index (χ0v) is 11.2. The van der Waals surface area contributed by atoms with Crippen LogP contribution in [0.1, 0.15) is 11.3 Å². The van der Waals surface area contributed by atoms with Gasteiger partial charge in [-0.05, 0) is 49.7 Å². The number of pyridine rings is 2. The molecule has 0 unspecified atom stereocenters. The number of aryl methyl sites for hydroxylation is 2. The molecule has 0 spiro atoms. The van der Waals surface area contributed by atoms with Crippen LogP contribution in [0.15, 0.2) is 45.4 Å². The normalized spacial score (nSPS) is 11.5. The molecule has 0 saturated heterocycles. The molecule has 0 N–H and O–H groups in total. The Balaban J connectivity index is 1.97. The fourth-order valence-electron chi connectivity index (χ4n) is 2.38. The summed E-state index contributed by atoms with van der Waals surface area (Å²) in [5, 5.41) is 1.97. The maximum absolute atomic E-state index is 5.83. The van der Waals surface area contributed by atoms with Crippen LogP contribution < -0.4 is 0 Å². The number of aromatic nitrogens is 2. The summed E-state index contributed by atoms with van der Waals surface area (Å²) >= 11 is 0. The molecule has 98 valence electrons. The summed E-state index contributed by atoms with van der Waals surface area (Å²) in [7, 11) is 0. The molecule has 0 aliphatic rings. The Hall–Kier alpha value is -2.62. The second kappa shape index (κ2) is 3.93. The second-order valence-electron chi connectivity index (χ2n) is 4.93. The summed E-state index contributed by atoms with van der Waals surface area (Å²) in [6.45, 7) is 3.96. The lowest BCUT2D eigenvalue weighted by Crippen LogP contribution is -1.86. The van der Waals surface area contributed by atoms with E-state index in [1.807, 2.05) is 44.2 Å².